The van der Waals surface area contributed by atoms with Crippen LogP contribution in [0, 0.1) is 0 Å². The van der Waals surface area contributed by atoms with Crippen molar-refractivity contribution < 1.29 is 58.6 Å². The number of dihydropyridines is 1. The zero-order chi connectivity index (χ0) is 58.1. The number of hydrogen-bond donors (Lipinski definition) is 7. The molecule has 0 aliphatic carbocycles. The summed E-state index contributed by atoms with van der Waals surface area (Å²) in [5.74, 6) is -3.42. The van der Waals surface area contributed by atoms with Crippen molar-refractivity contribution in [3.05, 3.63) is 175 Å². The molecule has 4 aromatic rings. The van der Waals surface area contributed by atoms with Crippen LogP contribution in [0.25, 0.3) is 0 Å². The standard InChI is InChI=1S/C47H64ClN3O8.C15H14ClNO4.2ClH/c1-34(50-31-40(53)33-59-42-24-13-8-14-25-42)19-10-9-17-28-57-47(55)44-36(3)51(4)35(2)43(45(44)37-20-18-21-38(48)29-37)46(54)56-27-16-6-5-15-26-49-30-39(52)32-58-41-22-11-7-12-23-41;1-7-11(14(18)19)13(9-5-3-4-6-10(9)16)12(15(20)21)8(2)17-7;;/h7-8,11-14,18,20-25,29,34,39-40,45,49-50,52-53H,5-6,9-10,15-17,19,26-28,30-33H2,1-4H3;3-6,13,17H,1-2H3,(H,18,19)(H,20,21);2*1H. The number of aliphatic hydroxyl groups excluding tert-OH is 2. The van der Waals surface area contributed by atoms with Gasteiger partial charge in [0.05, 0.1) is 47.3 Å². The van der Waals surface area contributed by atoms with Crippen LogP contribution in [0.15, 0.2) is 154 Å². The van der Waals surface area contributed by atoms with Crippen LogP contribution in [0.4, 0.5) is 0 Å². The lowest BCUT2D eigenvalue weighted by Crippen LogP contribution is -2.36. The van der Waals surface area contributed by atoms with E-state index in [9.17, 15) is 39.6 Å². The van der Waals surface area contributed by atoms with E-state index in [0.29, 0.717) is 81.0 Å². The van der Waals surface area contributed by atoms with Crippen LogP contribution in [0.2, 0.25) is 10.0 Å². The molecule has 20 heteroatoms. The van der Waals surface area contributed by atoms with Gasteiger partial charge in [-0.25, -0.2) is 19.2 Å². The topological polar surface area (TPSA) is 225 Å². The molecular weight excluding hydrogens is 1130 g/mol. The minimum atomic E-state index is -1.17. The first-order chi connectivity index (χ1) is 38.4. The number of benzene rings is 4. The van der Waals surface area contributed by atoms with Crippen molar-refractivity contribution in [3.63, 3.8) is 0 Å². The number of carboxylic acids is 2. The Kier molecular flexibility index (Phi) is 31.2. The molecule has 6 rings (SSSR count). The van der Waals surface area contributed by atoms with Gasteiger partial charge in [0.25, 0.3) is 0 Å². The molecule has 2 heterocycles. The second kappa shape index (κ2) is 36.5. The summed E-state index contributed by atoms with van der Waals surface area (Å²) < 4.78 is 23.0. The Balaban J connectivity index is 0.000000642. The second-order valence-electron chi connectivity index (χ2n) is 19.9. The van der Waals surface area contributed by atoms with Gasteiger partial charge in [0.2, 0.25) is 0 Å². The molecule has 0 saturated carbocycles. The van der Waals surface area contributed by atoms with E-state index in [1.54, 1.807) is 50.2 Å². The Morgan fingerprint density at radius 1 is 0.610 bits per heavy atom. The lowest BCUT2D eigenvalue weighted by Gasteiger charge is -2.35. The number of unbranched alkanes of at least 4 members (excludes halogenated alkanes) is 5. The molecule has 0 fully saturated rings. The van der Waals surface area contributed by atoms with E-state index in [4.69, 9.17) is 42.1 Å². The lowest BCUT2D eigenvalue weighted by atomic mass is 9.80. The van der Waals surface area contributed by atoms with Gasteiger partial charge in [-0.3, -0.25) is 0 Å². The fourth-order valence-corrected chi connectivity index (χ4v) is 9.91. The Morgan fingerprint density at radius 3 is 1.61 bits per heavy atom. The number of carbonyl (C=O) groups excluding carboxylic acids is 2. The quantitative estimate of drug-likeness (QED) is 0.0190. The van der Waals surface area contributed by atoms with Gasteiger partial charge in [-0.05, 0) is 120 Å². The molecule has 2 aliphatic rings. The number of hydrogen-bond acceptors (Lipinski definition) is 14. The zero-order valence-electron chi connectivity index (χ0n) is 47.5. The minimum absolute atomic E-state index is 0. The third-order valence-corrected chi connectivity index (χ3v) is 14.5. The molecular formula is C62H80Cl4N4O12. The summed E-state index contributed by atoms with van der Waals surface area (Å²) in [4.78, 5) is 52.8. The molecule has 82 heavy (non-hydrogen) atoms. The fraction of sp³-hybridized carbons (Fsp3) is 0.419. The number of nitrogens with zero attached hydrogens (tertiary/aromatic N) is 1. The van der Waals surface area contributed by atoms with E-state index in [1.165, 1.54) is 0 Å². The Morgan fingerprint density at radius 2 is 1.10 bits per heavy atom. The molecule has 0 amide bonds. The van der Waals surface area contributed by atoms with Gasteiger partial charge in [-0.15, -0.1) is 24.8 Å². The number of aliphatic carboxylic acids is 2. The second-order valence-corrected chi connectivity index (χ2v) is 20.8. The molecule has 4 aromatic carbocycles. The van der Waals surface area contributed by atoms with Gasteiger partial charge in [0, 0.05) is 59.0 Å². The number of allylic oxidation sites excluding steroid dienone is 4. The molecule has 0 saturated heterocycles. The van der Waals surface area contributed by atoms with E-state index in [2.05, 4.69) is 22.9 Å². The average Bonchev–Trinajstić information content (AvgIpc) is 3.64. The number of ether oxygens (including phenoxy) is 4. The van der Waals surface area contributed by atoms with E-state index >= 15 is 0 Å². The van der Waals surface area contributed by atoms with Crippen molar-refractivity contribution in [2.75, 3.05) is 53.1 Å². The highest BCUT2D eigenvalue weighted by Gasteiger charge is 2.40. The van der Waals surface area contributed by atoms with Crippen LogP contribution >= 0.6 is 48.0 Å². The molecule has 0 spiro atoms. The van der Waals surface area contributed by atoms with E-state index in [0.717, 1.165) is 56.6 Å². The van der Waals surface area contributed by atoms with Gasteiger partial charge in [-0.1, -0.05) is 116 Å². The third kappa shape index (κ3) is 21.6. The number of aliphatic hydroxyl groups is 2. The molecule has 4 unspecified atom stereocenters. The summed E-state index contributed by atoms with van der Waals surface area (Å²) in [6.45, 7) is 11.6. The van der Waals surface area contributed by atoms with Crippen LogP contribution in [-0.4, -0.2) is 121 Å². The van der Waals surface area contributed by atoms with Crippen molar-refractivity contribution in [3.8, 4) is 11.5 Å². The van der Waals surface area contributed by atoms with Crippen molar-refractivity contribution in [1.82, 2.24) is 20.9 Å². The molecule has 448 valence electrons. The number of nitrogens with one attached hydrogen (secondary N) is 3. The monoisotopic (exact) mass is 1210 g/mol. The van der Waals surface area contributed by atoms with Crippen LogP contribution < -0.4 is 25.4 Å². The number of esters is 2. The summed E-state index contributed by atoms with van der Waals surface area (Å²) in [5, 5.41) is 49.7. The number of carboxylic acid groups (broad SMARTS) is 2. The predicted molar refractivity (Wildman–Crippen MR) is 325 cm³/mol. The van der Waals surface area contributed by atoms with Gasteiger partial charge < -0.3 is 60.2 Å². The van der Waals surface area contributed by atoms with Crippen molar-refractivity contribution in [2.24, 2.45) is 0 Å². The summed E-state index contributed by atoms with van der Waals surface area (Å²) in [7, 11) is 1.84. The highest BCUT2D eigenvalue weighted by molar-refractivity contribution is 6.31. The number of carbonyl (C=O) groups is 4. The summed E-state index contributed by atoms with van der Waals surface area (Å²) in [6, 6.07) is 33.0. The zero-order valence-corrected chi connectivity index (χ0v) is 50.6. The van der Waals surface area contributed by atoms with E-state index < -0.39 is 47.9 Å². The number of halogens is 4. The van der Waals surface area contributed by atoms with Gasteiger partial charge in [-0.2, -0.15) is 0 Å². The summed E-state index contributed by atoms with van der Waals surface area (Å²) >= 11 is 12.6. The van der Waals surface area contributed by atoms with E-state index in [-0.39, 0.29) is 68.4 Å². The SMILES string of the molecule is CC1=C(C(=O)O)C(c2ccccc2Cl)C(C(=O)O)=C(C)N1.CC1=C(C(=O)OCCCCCCNCC(O)COc2ccccc2)C(c2cccc(Cl)c2)C(C(=O)OCCCCCC(C)NCC(O)COc2ccccc2)=C(C)N1C.Cl.Cl. The van der Waals surface area contributed by atoms with Crippen LogP contribution in [0.5, 0.6) is 11.5 Å². The number of para-hydroxylation sites is 2. The van der Waals surface area contributed by atoms with Crippen LogP contribution in [0.3, 0.4) is 0 Å². The van der Waals surface area contributed by atoms with Crippen molar-refractivity contribution >= 4 is 71.9 Å². The van der Waals surface area contributed by atoms with Gasteiger partial charge >= 0.3 is 23.9 Å². The highest BCUT2D eigenvalue weighted by atomic mass is 35.5. The van der Waals surface area contributed by atoms with Gasteiger partial charge in [0.1, 0.15) is 36.9 Å². The first-order valence-corrected chi connectivity index (χ1v) is 27.9. The predicted octanol–water partition coefficient (Wildman–Crippen LogP) is 11.2. The third-order valence-electron chi connectivity index (χ3n) is 13.9. The Hall–Kier alpha value is -6.08. The molecule has 0 aromatic heterocycles. The lowest BCUT2D eigenvalue weighted by molar-refractivity contribution is -0.141. The largest absolute Gasteiger partial charge is 0.491 e. The summed E-state index contributed by atoms with van der Waals surface area (Å²) in [6.07, 6.45) is 5.65. The maximum atomic E-state index is 13.9. The highest BCUT2D eigenvalue weighted by Crippen LogP contribution is 2.44. The smallest absolute Gasteiger partial charge is 0.336 e. The molecule has 2 aliphatic heterocycles. The average molecular weight is 1220 g/mol. The Labute approximate surface area is 504 Å². The Bertz CT molecular complexity index is 2780. The fourth-order valence-electron chi connectivity index (χ4n) is 9.47. The normalized spacial score (nSPS) is 15.4. The first-order valence-electron chi connectivity index (χ1n) is 27.2. The molecule has 7 N–H and O–H groups in total. The minimum Gasteiger partial charge on any atom is -0.491 e. The molecule has 16 nitrogen and oxygen atoms in total. The van der Waals surface area contributed by atoms with Crippen molar-refractivity contribution in [2.45, 2.75) is 116 Å². The van der Waals surface area contributed by atoms with Crippen LogP contribution in [0.1, 0.15) is 109 Å². The molecule has 4 atom stereocenters. The van der Waals surface area contributed by atoms with Gasteiger partial charge in [0.15, 0.2) is 0 Å². The first kappa shape index (κ1) is 70.2. The maximum absolute atomic E-state index is 13.9. The summed E-state index contributed by atoms with van der Waals surface area (Å²) in [5.41, 5.74) is 4.18. The molecule has 0 radical (unpaired) electrons. The maximum Gasteiger partial charge on any atom is 0.336 e. The molecule has 0 bridgehead atoms. The van der Waals surface area contributed by atoms with Crippen molar-refractivity contribution in [1.29, 1.82) is 0 Å². The van der Waals surface area contributed by atoms with E-state index in [1.807, 2.05) is 98.6 Å². The van der Waals surface area contributed by atoms with Crippen LogP contribution in [-0.2, 0) is 28.7 Å². The number of rotatable bonds is 30.